The van der Waals surface area contributed by atoms with Crippen LogP contribution in [0, 0.1) is 0 Å². The zero-order valence-electron chi connectivity index (χ0n) is 20.8. The third-order valence-electron chi connectivity index (χ3n) is 6.91. The molecule has 37 heavy (non-hydrogen) atoms. The predicted molar refractivity (Wildman–Crippen MR) is 141 cm³/mol. The van der Waals surface area contributed by atoms with Crippen molar-refractivity contribution in [2.24, 2.45) is 0 Å². The highest BCUT2D eigenvalue weighted by Gasteiger charge is 2.26. The molecule has 0 radical (unpaired) electrons. The number of carbonyl (C=O) groups is 1. The molecule has 0 atom stereocenters. The molecule has 188 valence electrons. The second-order valence-corrected chi connectivity index (χ2v) is 8.96. The predicted octanol–water partition coefficient (Wildman–Crippen LogP) is 4.61. The van der Waals surface area contributed by atoms with Gasteiger partial charge in [-0.15, -0.1) is 0 Å². The van der Waals surface area contributed by atoms with Crippen LogP contribution in [-0.2, 0) is 0 Å². The second-order valence-electron chi connectivity index (χ2n) is 8.96. The standard InChI is InChI=1S/C29H27N3O5/c1-34-20-8-9-23-21(16-20)22(17-24(30-23)19-7-10-27-28(15-19)37-18-36-27)29(33)32-13-11-31(12-14-32)25-5-3-4-6-26(25)35-2/h3-10,15-17H,11-14,18H2,1-2H3. The van der Waals surface area contributed by atoms with E-state index in [9.17, 15) is 4.79 Å². The zero-order valence-corrected chi connectivity index (χ0v) is 20.8. The van der Waals surface area contributed by atoms with Crippen molar-refractivity contribution in [3.63, 3.8) is 0 Å². The van der Waals surface area contributed by atoms with E-state index >= 15 is 0 Å². The number of pyridine rings is 1. The molecule has 8 nitrogen and oxygen atoms in total. The van der Waals surface area contributed by atoms with Crippen molar-refractivity contribution in [2.45, 2.75) is 0 Å². The Balaban J connectivity index is 1.33. The lowest BCUT2D eigenvalue weighted by Crippen LogP contribution is -2.49. The number of ether oxygens (including phenoxy) is 4. The van der Waals surface area contributed by atoms with Gasteiger partial charge >= 0.3 is 0 Å². The van der Waals surface area contributed by atoms with Crippen molar-refractivity contribution >= 4 is 22.5 Å². The van der Waals surface area contributed by atoms with Crippen LogP contribution in [0.25, 0.3) is 22.2 Å². The summed E-state index contributed by atoms with van der Waals surface area (Å²) in [6.45, 7) is 2.84. The summed E-state index contributed by atoms with van der Waals surface area (Å²) in [6, 6.07) is 21.2. The van der Waals surface area contributed by atoms with Gasteiger partial charge in [-0.2, -0.15) is 0 Å². The maximum Gasteiger partial charge on any atom is 0.254 e. The van der Waals surface area contributed by atoms with Crippen LogP contribution in [0.4, 0.5) is 5.69 Å². The molecule has 0 bridgehead atoms. The largest absolute Gasteiger partial charge is 0.497 e. The van der Waals surface area contributed by atoms with Gasteiger partial charge < -0.3 is 28.7 Å². The lowest BCUT2D eigenvalue weighted by atomic mass is 10.0. The van der Waals surface area contributed by atoms with Crippen LogP contribution in [-0.4, -0.2) is 63.0 Å². The molecule has 8 heteroatoms. The van der Waals surface area contributed by atoms with Gasteiger partial charge in [-0.1, -0.05) is 12.1 Å². The Hall–Kier alpha value is -4.46. The van der Waals surface area contributed by atoms with Gasteiger partial charge in [-0.05, 0) is 54.6 Å². The molecule has 0 unspecified atom stereocenters. The summed E-state index contributed by atoms with van der Waals surface area (Å²) in [5, 5.41) is 0.765. The number of benzene rings is 3. The van der Waals surface area contributed by atoms with Crippen LogP contribution in [0.2, 0.25) is 0 Å². The summed E-state index contributed by atoms with van der Waals surface area (Å²) in [5.41, 5.74) is 3.93. The minimum Gasteiger partial charge on any atom is -0.497 e. The molecule has 0 spiro atoms. The van der Waals surface area contributed by atoms with Gasteiger partial charge in [0.15, 0.2) is 11.5 Å². The lowest BCUT2D eigenvalue weighted by molar-refractivity contribution is 0.0748. The molecular formula is C29H27N3O5. The van der Waals surface area contributed by atoms with Crippen LogP contribution in [0.5, 0.6) is 23.0 Å². The number of carbonyl (C=O) groups excluding carboxylic acids is 1. The maximum atomic E-state index is 13.9. The Morgan fingerprint density at radius 1 is 0.865 bits per heavy atom. The summed E-state index contributed by atoms with van der Waals surface area (Å²) in [6.07, 6.45) is 0. The number of fused-ring (bicyclic) bond motifs is 2. The number of nitrogens with zero attached hydrogens (tertiary/aromatic N) is 3. The molecule has 6 rings (SSSR count). The molecule has 0 N–H and O–H groups in total. The van der Waals surface area contributed by atoms with E-state index in [1.54, 1.807) is 14.2 Å². The number of piperazine rings is 1. The fourth-order valence-electron chi connectivity index (χ4n) is 4.92. The van der Waals surface area contributed by atoms with Crippen molar-refractivity contribution in [2.75, 3.05) is 52.1 Å². The average Bonchev–Trinajstić information content (AvgIpc) is 3.44. The highest BCUT2D eigenvalue weighted by molar-refractivity contribution is 6.07. The minimum absolute atomic E-state index is 0.0256. The number of hydrogen-bond acceptors (Lipinski definition) is 7. The van der Waals surface area contributed by atoms with Crippen LogP contribution < -0.4 is 23.8 Å². The molecule has 2 aliphatic heterocycles. The molecule has 2 aliphatic rings. The van der Waals surface area contributed by atoms with Gasteiger partial charge in [0.05, 0.1) is 36.7 Å². The fraction of sp³-hybridized carbons (Fsp3) is 0.241. The first-order valence-corrected chi connectivity index (χ1v) is 12.2. The van der Waals surface area contributed by atoms with Gasteiger partial charge in [0.2, 0.25) is 6.79 Å². The summed E-state index contributed by atoms with van der Waals surface area (Å²) in [7, 11) is 3.30. The Morgan fingerprint density at radius 2 is 1.68 bits per heavy atom. The maximum absolute atomic E-state index is 13.9. The van der Waals surface area contributed by atoms with Gasteiger partial charge in [0.1, 0.15) is 11.5 Å². The molecule has 0 saturated carbocycles. The molecule has 1 fully saturated rings. The lowest BCUT2D eigenvalue weighted by Gasteiger charge is -2.36. The van der Waals surface area contributed by atoms with Gasteiger partial charge in [-0.3, -0.25) is 4.79 Å². The smallest absolute Gasteiger partial charge is 0.254 e. The van der Waals surface area contributed by atoms with Gasteiger partial charge in [0, 0.05) is 37.1 Å². The van der Waals surface area contributed by atoms with Crippen molar-refractivity contribution in [3.05, 3.63) is 72.3 Å². The third-order valence-corrected chi connectivity index (χ3v) is 6.91. The number of rotatable bonds is 5. The molecule has 4 aromatic rings. The Morgan fingerprint density at radius 3 is 2.49 bits per heavy atom. The van der Waals surface area contributed by atoms with Crippen LogP contribution in [0.3, 0.4) is 0 Å². The van der Waals surface area contributed by atoms with E-state index in [0.29, 0.717) is 54.7 Å². The van der Waals surface area contributed by atoms with Gasteiger partial charge in [-0.25, -0.2) is 4.98 Å². The average molecular weight is 498 g/mol. The zero-order chi connectivity index (χ0) is 25.4. The number of hydrogen-bond donors (Lipinski definition) is 0. The van der Waals surface area contributed by atoms with Crippen molar-refractivity contribution < 1.29 is 23.7 Å². The van der Waals surface area contributed by atoms with E-state index in [1.807, 2.05) is 65.6 Å². The van der Waals surface area contributed by atoms with E-state index in [1.165, 1.54) is 0 Å². The van der Waals surface area contributed by atoms with E-state index in [4.69, 9.17) is 23.9 Å². The van der Waals surface area contributed by atoms with E-state index in [0.717, 1.165) is 27.9 Å². The molecule has 0 aliphatic carbocycles. The van der Waals surface area contributed by atoms with E-state index < -0.39 is 0 Å². The first-order valence-electron chi connectivity index (χ1n) is 12.2. The Labute approximate surface area is 214 Å². The summed E-state index contributed by atoms with van der Waals surface area (Å²) < 4.78 is 22.0. The summed E-state index contributed by atoms with van der Waals surface area (Å²) in [5.74, 6) is 2.87. The topological polar surface area (TPSA) is 73.4 Å². The highest BCUT2D eigenvalue weighted by Crippen LogP contribution is 2.37. The number of amides is 1. The molecular weight excluding hydrogens is 470 g/mol. The second kappa shape index (κ2) is 9.54. The van der Waals surface area contributed by atoms with Crippen molar-refractivity contribution in [1.29, 1.82) is 0 Å². The van der Waals surface area contributed by atoms with E-state index in [-0.39, 0.29) is 12.7 Å². The number of anilines is 1. The Kier molecular flexibility index (Phi) is 5.92. The molecule has 1 amide bonds. The van der Waals surface area contributed by atoms with Gasteiger partial charge in [0.25, 0.3) is 5.91 Å². The van der Waals surface area contributed by atoms with E-state index in [2.05, 4.69) is 11.0 Å². The van der Waals surface area contributed by atoms with Crippen LogP contribution >= 0.6 is 0 Å². The van der Waals surface area contributed by atoms with Crippen molar-refractivity contribution in [1.82, 2.24) is 9.88 Å². The normalized spacial score (nSPS) is 14.6. The first kappa shape index (κ1) is 23.0. The number of aromatic nitrogens is 1. The highest BCUT2D eigenvalue weighted by atomic mass is 16.7. The number of para-hydroxylation sites is 2. The molecule has 3 aromatic carbocycles. The first-order chi connectivity index (χ1) is 18.1. The van der Waals surface area contributed by atoms with Crippen LogP contribution in [0.1, 0.15) is 10.4 Å². The van der Waals surface area contributed by atoms with Crippen LogP contribution in [0.15, 0.2) is 66.7 Å². The fourth-order valence-corrected chi connectivity index (χ4v) is 4.92. The molecule has 1 saturated heterocycles. The quantitative estimate of drug-likeness (QED) is 0.399. The molecule has 3 heterocycles. The monoisotopic (exact) mass is 497 g/mol. The third kappa shape index (κ3) is 4.24. The summed E-state index contributed by atoms with van der Waals surface area (Å²) in [4.78, 5) is 22.9. The summed E-state index contributed by atoms with van der Waals surface area (Å²) >= 11 is 0. The molecule has 1 aromatic heterocycles. The Bertz CT molecular complexity index is 1480. The minimum atomic E-state index is -0.0256. The number of methoxy groups -OCH3 is 2. The van der Waals surface area contributed by atoms with Crippen molar-refractivity contribution in [3.8, 4) is 34.3 Å². The SMILES string of the molecule is COc1ccc2nc(-c3ccc4c(c3)OCO4)cc(C(=O)N3CCN(c4ccccc4OC)CC3)c2c1.